The Hall–Kier alpha value is -0.570. The van der Waals surface area contributed by atoms with Gasteiger partial charge in [-0.25, -0.2) is 0 Å². The molecule has 1 fully saturated rings. The molecule has 0 radical (unpaired) electrons. The van der Waals surface area contributed by atoms with Crippen molar-refractivity contribution in [1.29, 1.82) is 0 Å². The zero-order valence-electron chi connectivity index (χ0n) is 11.0. The van der Waals surface area contributed by atoms with Gasteiger partial charge in [0.25, 0.3) is 0 Å². The normalized spacial score (nSPS) is 31.0. The second-order valence-electron chi connectivity index (χ2n) is 5.54. The Morgan fingerprint density at radius 1 is 1.50 bits per heavy atom. The van der Waals surface area contributed by atoms with Crippen LogP contribution in [0.5, 0.6) is 0 Å². The minimum Gasteiger partial charge on any atom is -0.469 e. The predicted octanol–water partition coefficient (Wildman–Crippen LogP) is 2.34. The van der Waals surface area contributed by atoms with Crippen LogP contribution in [0.15, 0.2) is 0 Å². The summed E-state index contributed by atoms with van der Waals surface area (Å²) in [5, 5.41) is 0. The Bertz CT molecular complexity index is 244. The molecule has 1 saturated carbocycles. The second kappa shape index (κ2) is 5.17. The number of nitrogens with two attached hydrogens (primary N) is 1. The van der Waals surface area contributed by atoms with Gasteiger partial charge >= 0.3 is 5.97 Å². The van der Waals surface area contributed by atoms with Gasteiger partial charge in [-0.2, -0.15) is 0 Å². The number of carbonyl (C=O) groups is 1. The summed E-state index contributed by atoms with van der Waals surface area (Å²) in [6.45, 7) is 6.57. The van der Waals surface area contributed by atoms with Crippen molar-refractivity contribution >= 4 is 5.97 Å². The Kier molecular flexibility index (Phi) is 4.36. The minimum absolute atomic E-state index is 0.0107. The quantitative estimate of drug-likeness (QED) is 0.733. The van der Waals surface area contributed by atoms with Crippen molar-refractivity contribution < 1.29 is 9.53 Å². The molecule has 0 amide bonds. The SMILES string of the molecule is CCC(N)C1(CC(=O)OC)CC(C(C)C)C1. The monoisotopic (exact) mass is 227 g/mol. The molecule has 2 N–H and O–H groups in total. The summed E-state index contributed by atoms with van der Waals surface area (Å²) < 4.78 is 4.78. The summed E-state index contributed by atoms with van der Waals surface area (Å²) in [5.41, 5.74) is 6.18. The van der Waals surface area contributed by atoms with Gasteiger partial charge in [0.1, 0.15) is 0 Å². The first-order valence-electron chi connectivity index (χ1n) is 6.27. The lowest BCUT2D eigenvalue weighted by Gasteiger charge is -2.52. The molecule has 94 valence electrons. The van der Waals surface area contributed by atoms with Crippen molar-refractivity contribution in [3.63, 3.8) is 0 Å². The number of hydrogen-bond acceptors (Lipinski definition) is 3. The van der Waals surface area contributed by atoms with E-state index in [0.717, 1.165) is 25.2 Å². The Labute approximate surface area is 98.7 Å². The summed E-state index contributed by atoms with van der Waals surface area (Å²) in [4.78, 5) is 11.4. The Balaban J connectivity index is 2.63. The second-order valence-corrected chi connectivity index (χ2v) is 5.54. The molecule has 0 aromatic rings. The highest BCUT2D eigenvalue weighted by molar-refractivity contribution is 5.70. The lowest BCUT2D eigenvalue weighted by molar-refractivity contribution is -0.148. The van der Waals surface area contributed by atoms with E-state index in [4.69, 9.17) is 10.5 Å². The zero-order chi connectivity index (χ0) is 12.3. The van der Waals surface area contributed by atoms with Gasteiger partial charge in [0.05, 0.1) is 13.5 Å². The number of carbonyl (C=O) groups excluding carboxylic acids is 1. The van der Waals surface area contributed by atoms with Gasteiger partial charge < -0.3 is 10.5 Å². The summed E-state index contributed by atoms with van der Waals surface area (Å²) in [6, 6.07) is 0.126. The van der Waals surface area contributed by atoms with E-state index in [1.54, 1.807) is 0 Å². The third-order valence-corrected chi connectivity index (χ3v) is 4.23. The van der Waals surface area contributed by atoms with Gasteiger partial charge in [-0.1, -0.05) is 20.8 Å². The maximum absolute atomic E-state index is 11.4. The number of ether oxygens (including phenoxy) is 1. The minimum atomic E-state index is -0.119. The average Bonchev–Trinajstić information content (AvgIpc) is 2.20. The molecule has 1 atom stereocenters. The van der Waals surface area contributed by atoms with E-state index in [1.807, 2.05) is 0 Å². The van der Waals surface area contributed by atoms with Crippen LogP contribution in [0.1, 0.15) is 46.5 Å². The summed E-state index contributed by atoms with van der Waals surface area (Å²) in [5.74, 6) is 1.29. The van der Waals surface area contributed by atoms with E-state index in [9.17, 15) is 4.79 Å². The number of rotatable bonds is 5. The van der Waals surface area contributed by atoms with Crippen molar-refractivity contribution in [2.24, 2.45) is 23.0 Å². The highest BCUT2D eigenvalue weighted by atomic mass is 16.5. The van der Waals surface area contributed by atoms with Gasteiger partial charge in [0, 0.05) is 6.04 Å². The smallest absolute Gasteiger partial charge is 0.306 e. The molecule has 0 bridgehead atoms. The highest BCUT2D eigenvalue weighted by Crippen LogP contribution is 2.53. The predicted molar refractivity (Wildman–Crippen MR) is 64.9 cm³/mol. The molecular formula is C13H25NO2. The fourth-order valence-corrected chi connectivity index (χ4v) is 2.83. The van der Waals surface area contributed by atoms with Crippen LogP contribution in [0, 0.1) is 17.3 Å². The number of esters is 1. The summed E-state index contributed by atoms with van der Waals surface area (Å²) >= 11 is 0. The van der Waals surface area contributed by atoms with E-state index >= 15 is 0 Å². The standard InChI is InChI=1S/C13H25NO2/c1-5-11(14)13(8-12(15)16-4)6-10(7-13)9(2)3/h9-11H,5-8,14H2,1-4H3. The molecule has 3 heteroatoms. The topological polar surface area (TPSA) is 52.3 Å². The number of hydrogen-bond donors (Lipinski definition) is 1. The van der Waals surface area contributed by atoms with E-state index in [2.05, 4.69) is 20.8 Å². The van der Waals surface area contributed by atoms with Crippen LogP contribution < -0.4 is 5.73 Å². The molecule has 16 heavy (non-hydrogen) atoms. The van der Waals surface area contributed by atoms with Crippen LogP contribution in [0.3, 0.4) is 0 Å². The van der Waals surface area contributed by atoms with E-state index in [-0.39, 0.29) is 17.4 Å². The van der Waals surface area contributed by atoms with Crippen LogP contribution in [0.4, 0.5) is 0 Å². The largest absolute Gasteiger partial charge is 0.469 e. The van der Waals surface area contributed by atoms with Crippen LogP contribution in [-0.4, -0.2) is 19.1 Å². The van der Waals surface area contributed by atoms with Crippen LogP contribution in [0.25, 0.3) is 0 Å². The van der Waals surface area contributed by atoms with Crippen molar-refractivity contribution in [3.05, 3.63) is 0 Å². The molecule has 0 spiro atoms. The average molecular weight is 227 g/mol. The summed E-state index contributed by atoms with van der Waals surface area (Å²) in [7, 11) is 1.45. The third kappa shape index (κ3) is 2.57. The fourth-order valence-electron chi connectivity index (χ4n) is 2.83. The molecule has 1 aliphatic rings. The third-order valence-electron chi connectivity index (χ3n) is 4.23. The molecule has 0 saturated heterocycles. The number of methoxy groups -OCH3 is 1. The first-order valence-corrected chi connectivity index (χ1v) is 6.27. The molecule has 1 unspecified atom stereocenters. The van der Waals surface area contributed by atoms with E-state index in [0.29, 0.717) is 12.3 Å². The maximum atomic E-state index is 11.4. The van der Waals surface area contributed by atoms with Crippen molar-refractivity contribution in [3.8, 4) is 0 Å². The molecule has 0 aromatic heterocycles. The fraction of sp³-hybridized carbons (Fsp3) is 0.923. The highest BCUT2D eigenvalue weighted by Gasteiger charge is 2.49. The van der Waals surface area contributed by atoms with E-state index < -0.39 is 0 Å². The maximum Gasteiger partial charge on any atom is 0.306 e. The zero-order valence-corrected chi connectivity index (χ0v) is 11.0. The molecule has 0 aliphatic heterocycles. The molecule has 1 rings (SSSR count). The first kappa shape index (κ1) is 13.5. The van der Waals surface area contributed by atoms with Gasteiger partial charge in [-0.3, -0.25) is 4.79 Å². The molecular weight excluding hydrogens is 202 g/mol. The van der Waals surface area contributed by atoms with Crippen molar-refractivity contribution in [2.45, 2.75) is 52.5 Å². The van der Waals surface area contributed by atoms with Crippen molar-refractivity contribution in [1.82, 2.24) is 0 Å². The van der Waals surface area contributed by atoms with Crippen molar-refractivity contribution in [2.75, 3.05) is 7.11 Å². The van der Waals surface area contributed by atoms with Crippen LogP contribution >= 0.6 is 0 Å². The van der Waals surface area contributed by atoms with Crippen LogP contribution in [0.2, 0.25) is 0 Å². The van der Waals surface area contributed by atoms with E-state index in [1.165, 1.54) is 7.11 Å². The van der Waals surface area contributed by atoms with Gasteiger partial charge in [0.15, 0.2) is 0 Å². The Morgan fingerprint density at radius 2 is 2.06 bits per heavy atom. The van der Waals surface area contributed by atoms with Gasteiger partial charge in [0.2, 0.25) is 0 Å². The summed E-state index contributed by atoms with van der Waals surface area (Å²) in [6.07, 6.45) is 3.58. The lowest BCUT2D eigenvalue weighted by atomic mass is 9.54. The van der Waals surface area contributed by atoms with Gasteiger partial charge in [-0.15, -0.1) is 0 Å². The molecule has 0 heterocycles. The molecule has 1 aliphatic carbocycles. The first-order chi connectivity index (χ1) is 7.45. The lowest BCUT2D eigenvalue weighted by Crippen LogP contribution is -2.52. The van der Waals surface area contributed by atoms with Gasteiger partial charge in [-0.05, 0) is 36.5 Å². The molecule has 0 aromatic carbocycles. The Morgan fingerprint density at radius 3 is 2.44 bits per heavy atom. The van der Waals surface area contributed by atoms with Crippen LogP contribution in [-0.2, 0) is 9.53 Å². The molecule has 3 nitrogen and oxygen atoms in total.